The molecule has 3 saturated heterocycles. The van der Waals surface area contributed by atoms with Crippen LogP contribution in [0.1, 0.15) is 31.7 Å². The number of nitrogens with zero attached hydrogens (tertiary/aromatic N) is 3. The van der Waals surface area contributed by atoms with Gasteiger partial charge in [-0.3, -0.25) is 14.5 Å². The number of rotatable bonds is 3. The van der Waals surface area contributed by atoms with Crippen molar-refractivity contribution >= 4 is 17.8 Å². The van der Waals surface area contributed by atoms with Crippen molar-refractivity contribution in [1.29, 1.82) is 0 Å². The average Bonchev–Trinajstić information content (AvgIpc) is 3.27. The lowest BCUT2D eigenvalue weighted by atomic mass is 9.99. The van der Waals surface area contributed by atoms with Crippen LogP contribution in [0.4, 0.5) is 4.79 Å². The molecular formula is C19H23N3O3. The highest BCUT2D eigenvalue weighted by molar-refractivity contribution is 6.07. The second kappa shape index (κ2) is 5.86. The molecule has 4 amide bonds. The summed E-state index contributed by atoms with van der Waals surface area (Å²) in [4.78, 5) is 43.0. The zero-order chi connectivity index (χ0) is 17.6. The van der Waals surface area contributed by atoms with Gasteiger partial charge in [0.15, 0.2) is 0 Å². The van der Waals surface area contributed by atoms with Gasteiger partial charge in [-0.05, 0) is 31.7 Å². The van der Waals surface area contributed by atoms with Gasteiger partial charge in [0.2, 0.25) is 5.91 Å². The molecule has 2 atom stereocenters. The molecule has 1 aromatic rings. The molecule has 132 valence electrons. The van der Waals surface area contributed by atoms with Crippen LogP contribution in [0.3, 0.4) is 0 Å². The molecular weight excluding hydrogens is 318 g/mol. The molecule has 6 heteroatoms. The van der Waals surface area contributed by atoms with Crippen LogP contribution >= 0.6 is 0 Å². The van der Waals surface area contributed by atoms with E-state index in [2.05, 4.69) is 0 Å². The van der Waals surface area contributed by atoms with Crippen molar-refractivity contribution in [2.45, 2.75) is 44.2 Å². The number of hydrogen-bond donors (Lipinski definition) is 0. The first-order valence-corrected chi connectivity index (χ1v) is 8.98. The van der Waals surface area contributed by atoms with Gasteiger partial charge in [-0.2, -0.15) is 0 Å². The second-order valence-corrected chi connectivity index (χ2v) is 7.43. The van der Waals surface area contributed by atoms with E-state index in [-0.39, 0.29) is 23.9 Å². The van der Waals surface area contributed by atoms with E-state index in [1.807, 2.05) is 37.3 Å². The first-order valence-electron chi connectivity index (χ1n) is 8.98. The van der Waals surface area contributed by atoms with E-state index in [9.17, 15) is 14.4 Å². The number of amides is 4. The topological polar surface area (TPSA) is 60.9 Å². The van der Waals surface area contributed by atoms with Gasteiger partial charge in [0.05, 0.1) is 12.5 Å². The summed E-state index contributed by atoms with van der Waals surface area (Å²) in [7, 11) is 0. The molecule has 0 N–H and O–H groups in total. The first kappa shape index (κ1) is 16.1. The minimum Gasteiger partial charge on any atom is -0.340 e. The number of imide groups is 1. The monoisotopic (exact) mass is 341 g/mol. The molecule has 3 fully saturated rings. The fraction of sp³-hybridized carbons (Fsp3) is 0.526. The molecule has 1 aromatic carbocycles. The lowest BCUT2D eigenvalue weighted by Crippen LogP contribution is -2.45. The summed E-state index contributed by atoms with van der Waals surface area (Å²) in [6.45, 7) is 3.58. The van der Waals surface area contributed by atoms with Crippen molar-refractivity contribution in [1.82, 2.24) is 14.7 Å². The summed E-state index contributed by atoms with van der Waals surface area (Å²) in [5.74, 6) is -0.0307. The molecule has 0 aliphatic carbocycles. The molecule has 6 nitrogen and oxygen atoms in total. The standard InChI is InChI=1S/C19H23N3O3/c1-19-9-5-10-21(19)18(25)22(17(19)24)15-8-11-20(13-15)16(23)12-14-6-3-2-4-7-14/h2-4,6-7,15H,5,8-13H2,1H3/t15?,19-/m0/s1. The second-order valence-electron chi connectivity index (χ2n) is 7.43. The molecule has 3 heterocycles. The number of likely N-dealkylation sites (tertiary alicyclic amines) is 1. The minimum atomic E-state index is -0.668. The zero-order valence-corrected chi connectivity index (χ0v) is 14.5. The van der Waals surface area contributed by atoms with Crippen LogP contribution in [0.2, 0.25) is 0 Å². The maximum absolute atomic E-state index is 12.8. The molecule has 25 heavy (non-hydrogen) atoms. The Hall–Kier alpha value is -2.37. The number of benzene rings is 1. The highest BCUT2D eigenvalue weighted by atomic mass is 16.2. The van der Waals surface area contributed by atoms with Crippen LogP contribution in [0.5, 0.6) is 0 Å². The summed E-state index contributed by atoms with van der Waals surface area (Å²) in [6, 6.07) is 9.28. The van der Waals surface area contributed by atoms with Crippen molar-refractivity contribution in [2.75, 3.05) is 19.6 Å². The molecule has 0 spiro atoms. The lowest BCUT2D eigenvalue weighted by molar-refractivity contribution is -0.134. The Morgan fingerprint density at radius 3 is 2.68 bits per heavy atom. The number of carbonyl (C=O) groups excluding carboxylic acids is 3. The summed E-state index contributed by atoms with van der Waals surface area (Å²) in [6.07, 6.45) is 2.65. The zero-order valence-electron chi connectivity index (χ0n) is 14.5. The van der Waals surface area contributed by atoms with E-state index in [4.69, 9.17) is 0 Å². The van der Waals surface area contributed by atoms with Gasteiger partial charge in [0.25, 0.3) is 5.91 Å². The van der Waals surface area contributed by atoms with Crippen molar-refractivity contribution in [3.8, 4) is 0 Å². The molecule has 4 rings (SSSR count). The number of fused-ring (bicyclic) bond motifs is 1. The molecule has 0 saturated carbocycles. The largest absolute Gasteiger partial charge is 0.340 e. The van der Waals surface area contributed by atoms with Gasteiger partial charge in [-0.15, -0.1) is 0 Å². The van der Waals surface area contributed by atoms with Crippen molar-refractivity contribution in [3.63, 3.8) is 0 Å². The molecule has 0 bridgehead atoms. The fourth-order valence-corrected chi connectivity index (χ4v) is 4.35. The third-order valence-corrected chi connectivity index (χ3v) is 5.84. The van der Waals surface area contributed by atoms with Crippen molar-refractivity contribution in [2.24, 2.45) is 0 Å². The van der Waals surface area contributed by atoms with Crippen LogP contribution in [0.25, 0.3) is 0 Å². The Labute approximate surface area is 147 Å². The lowest BCUT2D eigenvalue weighted by Gasteiger charge is -2.23. The first-order chi connectivity index (χ1) is 12.0. The van der Waals surface area contributed by atoms with Gasteiger partial charge in [0.1, 0.15) is 5.54 Å². The van der Waals surface area contributed by atoms with Gasteiger partial charge in [-0.25, -0.2) is 4.79 Å². The van der Waals surface area contributed by atoms with E-state index < -0.39 is 5.54 Å². The Morgan fingerprint density at radius 1 is 1.20 bits per heavy atom. The summed E-state index contributed by atoms with van der Waals surface area (Å²) >= 11 is 0. The number of urea groups is 1. The van der Waals surface area contributed by atoms with Gasteiger partial charge >= 0.3 is 6.03 Å². The summed E-state index contributed by atoms with van der Waals surface area (Å²) < 4.78 is 0. The van der Waals surface area contributed by atoms with Crippen molar-refractivity contribution < 1.29 is 14.4 Å². The molecule has 1 unspecified atom stereocenters. The maximum Gasteiger partial charge on any atom is 0.327 e. The summed E-state index contributed by atoms with van der Waals surface area (Å²) in [5.41, 5.74) is 0.316. The van der Waals surface area contributed by atoms with Gasteiger partial charge < -0.3 is 9.80 Å². The van der Waals surface area contributed by atoms with E-state index in [0.717, 1.165) is 18.4 Å². The number of carbonyl (C=O) groups is 3. The average molecular weight is 341 g/mol. The van der Waals surface area contributed by atoms with Gasteiger partial charge in [-0.1, -0.05) is 30.3 Å². The predicted octanol–water partition coefficient (Wildman–Crippen LogP) is 1.65. The van der Waals surface area contributed by atoms with E-state index in [0.29, 0.717) is 32.5 Å². The van der Waals surface area contributed by atoms with Crippen LogP contribution in [0, 0.1) is 0 Å². The third kappa shape index (κ3) is 2.51. The molecule has 3 aliphatic rings. The van der Waals surface area contributed by atoms with Gasteiger partial charge in [0, 0.05) is 19.6 Å². The highest BCUT2D eigenvalue weighted by Gasteiger charge is 2.58. The predicted molar refractivity (Wildman–Crippen MR) is 91.7 cm³/mol. The molecule has 0 radical (unpaired) electrons. The Kier molecular flexibility index (Phi) is 3.78. The SMILES string of the molecule is C[C@@]12CCCN1C(=O)N(C1CCN(C(=O)Cc3ccccc3)C1)C2=O. The molecule has 3 aliphatic heterocycles. The van der Waals surface area contributed by atoms with Crippen LogP contribution in [-0.2, 0) is 16.0 Å². The summed E-state index contributed by atoms with van der Waals surface area (Å²) in [5, 5.41) is 0. The van der Waals surface area contributed by atoms with E-state index >= 15 is 0 Å². The molecule has 0 aromatic heterocycles. The number of hydrogen-bond acceptors (Lipinski definition) is 3. The van der Waals surface area contributed by atoms with E-state index in [1.165, 1.54) is 4.90 Å². The quantitative estimate of drug-likeness (QED) is 0.786. The fourth-order valence-electron chi connectivity index (χ4n) is 4.35. The van der Waals surface area contributed by atoms with Crippen LogP contribution in [0.15, 0.2) is 30.3 Å². The minimum absolute atomic E-state index is 0.0551. The van der Waals surface area contributed by atoms with Crippen molar-refractivity contribution in [3.05, 3.63) is 35.9 Å². The Morgan fingerprint density at radius 2 is 1.96 bits per heavy atom. The normalized spacial score (nSPS) is 28.8. The van der Waals surface area contributed by atoms with Crippen LogP contribution in [-0.4, -0.2) is 63.8 Å². The highest BCUT2D eigenvalue weighted by Crippen LogP contribution is 2.39. The smallest absolute Gasteiger partial charge is 0.327 e. The Balaban J connectivity index is 1.43. The Bertz CT molecular complexity index is 720. The maximum atomic E-state index is 12.8. The van der Waals surface area contributed by atoms with E-state index in [1.54, 1.807) is 9.80 Å². The van der Waals surface area contributed by atoms with Crippen LogP contribution < -0.4 is 0 Å². The third-order valence-electron chi connectivity index (χ3n) is 5.84.